The Bertz CT molecular complexity index is 1480. The number of rotatable bonds is 46. The number of unbranched alkanes of at least 4 members (excludes halogenated alkanes) is 14. The van der Waals surface area contributed by atoms with Crippen LogP contribution in [0.4, 0.5) is 0 Å². The molecule has 67 heavy (non-hydrogen) atoms. The molecule has 0 aromatic heterocycles. The third kappa shape index (κ3) is 52.4. The van der Waals surface area contributed by atoms with Crippen molar-refractivity contribution in [2.45, 2.75) is 219 Å². The van der Waals surface area contributed by atoms with Crippen LogP contribution in [-0.2, 0) is 28.6 Å². The Balaban J connectivity index is 4.50. The summed E-state index contributed by atoms with van der Waals surface area (Å²) in [5, 5.41) is 0. The van der Waals surface area contributed by atoms with Crippen LogP contribution in [0.25, 0.3) is 0 Å². The largest absolute Gasteiger partial charge is 0.462 e. The van der Waals surface area contributed by atoms with Crippen molar-refractivity contribution < 1.29 is 28.6 Å². The van der Waals surface area contributed by atoms with E-state index >= 15 is 0 Å². The van der Waals surface area contributed by atoms with E-state index in [4.69, 9.17) is 14.2 Å². The molecule has 6 nitrogen and oxygen atoms in total. The van der Waals surface area contributed by atoms with Crippen molar-refractivity contribution in [1.29, 1.82) is 0 Å². The molecular weight excluding hydrogens is 829 g/mol. The minimum absolute atomic E-state index is 0.114. The molecule has 0 radical (unpaired) electrons. The van der Waals surface area contributed by atoms with Gasteiger partial charge in [0, 0.05) is 19.3 Å². The SMILES string of the molecule is CC/C=C\C/C=C\C/C=C\C/C=C\C/C=C\CCCCCC(=O)OCC(COC(=O)CCCCC/C=C\C=C/CCCC)OC(=O)CCCCCCCC/C=C\C/C=C\C/C=C\C/C=C\CC. The number of esters is 3. The first-order valence-corrected chi connectivity index (χ1v) is 26.7. The first kappa shape index (κ1) is 62.5. The molecule has 0 heterocycles. The molecular formula is C61H96O6. The summed E-state index contributed by atoms with van der Waals surface area (Å²) in [6.45, 7) is 6.27. The highest BCUT2D eigenvalue weighted by Gasteiger charge is 2.19. The van der Waals surface area contributed by atoms with Crippen molar-refractivity contribution in [1.82, 2.24) is 0 Å². The van der Waals surface area contributed by atoms with Gasteiger partial charge in [0.2, 0.25) is 0 Å². The molecule has 0 saturated heterocycles. The molecule has 0 fully saturated rings. The molecule has 0 bridgehead atoms. The van der Waals surface area contributed by atoms with Gasteiger partial charge < -0.3 is 14.2 Å². The molecule has 0 rings (SSSR count). The number of carbonyl (C=O) groups excluding carboxylic acids is 3. The average Bonchev–Trinajstić information content (AvgIpc) is 3.33. The van der Waals surface area contributed by atoms with Gasteiger partial charge in [-0.15, -0.1) is 0 Å². The van der Waals surface area contributed by atoms with E-state index in [0.717, 1.165) is 148 Å². The van der Waals surface area contributed by atoms with Gasteiger partial charge in [-0.3, -0.25) is 14.4 Å². The maximum absolute atomic E-state index is 12.8. The van der Waals surface area contributed by atoms with Crippen LogP contribution in [0.2, 0.25) is 0 Å². The van der Waals surface area contributed by atoms with E-state index in [9.17, 15) is 14.4 Å². The summed E-state index contributed by atoms with van der Waals surface area (Å²) >= 11 is 0. The molecule has 0 amide bonds. The molecule has 0 spiro atoms. The van der Waals surface area contributed by atoms with E-state index in [1.807, 2.05) is 0 Å². The second-order valence-electron chi connectivity index (χ2n) is 17.0. The number of allylic oxidation sites excluding steroid dienone is 22. The normalized spacial score (nSPS) is 13.2. The minimum Gasteiger partial charge on any atom is -0.462 e. The number of hydrogen-bond acceptors (Lipinski definition) is 6. The highest BCUT2D eigenvalue weighted by atomic mass is 16.6. The van der Waals surface area contributed by atoms with E-state index in [2.05, 4.69) is 154 Å². The molecule has 0 aliphatic heterocycles. The molecule has 1 unspecified atom stereocenters. The Labute approximate surface area is 411 Å². The summed E-state index contributed by atoms with van der Waals surface area (Å²) in [5.74, 6) is -0.995. The van der Waals surface area contributed by atoms with Crippen LogP contribution in [0.3, 0.4) is 0 Å². The van der Waals surface area contributed by atoms with Crippen LogP contribution in [0.5, 0.6) is 0 Å². The fraction of sp³-hybridized carbons (Fsp3) is 0.590. The van der Waals surface area contributed by atoms with Gasteiger partial charge in [-0.25, -0.2) is 0 Å². The zero-order valence-electron chi connectivity index (χ0n) is 42.9. The Morgan fingerprint density at radius 2 is 0.627 bits per heavy atom. The number of hydrogen-bond donors (Lipinski definition) is 0. The second-order valence-corrected chi connectivity index (χ2v) is 17.0. The van der Waals surface area contributed by atoms with Gasteiger partial charge in [-0.05, 0) is 122 Å². The predicted molar refractivity (Wildman–Crippen MR) is 288 cm³/mol. The van der Waals surface area contributed by atoms with Crippen LogP contribution >= 0.6 is 0 Å². The third-order valence-corrected chi connectivity index (χ3v) is 10.6. The summed E-state index contributed by atoms with van der Waals surface area (Å²) in [7, 11) is 0. The van der Waals surface area contributed by atoms with Gasteiger partial charge in [0.25, 0.3) is 0 Å². The van der Waals surface area contributed by atoms with E-state index < -0.39 is 6.10 Å². The van der Waals surface area contributed by atoms with Crippen LogP contribution in [0.1, 0.15) is 213 Å². The quantitative estimate of drug-likeness (QED) is 0.0199. The lowest BCUT2D eigenvalue weighted by molar-refractivity contribution is -0.167. The maximum Gasteiger partial charge on any atom is 0.306 e. The highest BCUT2D eigenvalue weighted by molar-refractivity contribution is 5.71. The summed E-state index contributed by atoms with van der Waals surface area (Å²) in [5.41, 5.74) is 0. The van der Waals surface area contributed by atoms with Gasteiger partial charge in [0.1, 0.15) is 13.2 Å². The predicted octanol–water partition coefficient (Wildman–Crippen LogP) is 17.9. The molecule has 0 N–H and O–H groups in total. The zero-order valence-corrected chi connectivity index (χ0v) is 42.9. The first-order valence-electron chi connectivity index (χ1n) is 26.7. The summed E-state index contributed by atoms with van der Waals surface area (Å²) in [6, 6.07) is 0. The molecule has 0 aromatic rings. The highest BCUT2D eigenvalue weighted by Crippen LogP contribution is 2.12. The number of carbonyl (C=O) groups is 3. The van der Waals surface area contributed by atoms with Crippen LogP contribution < -0.4 is 0 Å². The molecule has 6 heteroatoms. The zero-order chi connectivity index (χ0) is 48.6. The van der Waals surface area contributed by atoms with Crippen LogP contribution in [0.15, 0.2) is 134 Å². The van der Waals surface area contributed by atoms with E-state index in [1.165, 1.54) is 25.7 Å². The summed E-state index contributed by atoms with van der Waals surface area (Å²) in [6.07, 6.45) is 75.8. The maximum atomic E-state index is 12.8. The molecule has 376 valence electrons. The average molecular weight is 925 g/mol. The Morgan fingerprint density at radius 3 is 1.01 bits per heavy atom. The molecule has 0 saturated carbocycles. The first-order chi connectivity index (χ1) is 33.0. The van der Waals surface area contributed by atoms with Gasteiger partial charge in [0.15, 0.2) is 6.10 Å². The molecule has 0 aromatic carbocycles. The van der Waals surface area contributed by atoms with Crippen molar-refractivity contribution in [3.63, 3.8) is 0 Å². The lowest BCUT2D eigenvalue weighted by Crippen LogP contribution is -2.30. The lowest BCUT2D eigenvalue weighted by atomic mass is 10.1. The van der Waals surface area contributed by atoms with Crippen molar-refractivity contribution in [3.05, 3.63) is 134 Å². The van der Waals surface area contributed by atoms with Gasteiger partial charge >= 0.3 is 17.9 Å². The monoisotopic (exact) mass is 925 g/mol. The third-order valence-electron chi connectivity index (χ3n) is 10.6. The standard InChI is InChI=1S/C61H96O6/c1-4-7-10-13-16-19-22-24-26-28-30-32-34-36-39-42-45-48-51-54-60(63)66-57-58(56-65-59(62)53-50-47-44-41-38-21-18-15-12-9-6-3)67-61(64)55-52-49-46-43-40-37-35-33-31-29-27-25-23-20-17-14-11-8-5-2/h7-8,10-11,15-21,24-27,30-33,36,38-39,58H,4-6,9,12-14,22-23,28-29,34-35,37,40-57H2,1-3H3/b10-7-,11-8-,18-15-,19-16-,20-17-,26-24-,27-25-,32-30-,33-31-,38-21-,39-36-. The second kappa shape index (κ2) is 54.2. The smallest absolute Gasteiger partial charge is 0.306 e. The van der Waals surface area contributed by atoms with Crippen molar-refractivity contribution in [3.8, 4) is 0 Å². The summed E-state index contributed by atoms with van der Waals surface area (Å²) < 4.78 is 16.7. The van der Waals surface area contributed by atoms with E-state index in [0.29, 0.717) is 19.3 Å². The fourth-order valence-electron chi connectivity index (χ4n) is 6.67. The minimum atomic E-state index is -0.815. The van der Waals surface area contributed by atoms with Crippen molar-refractivity contribution in [2.24, 2.45) is 0 Å². The van der Waals surface area contributed by atoms with Gasteiger partial charge in [0.05, 0.1) is 0 Å². The van der Waals surface area contributed by atoms with E-state index in [1.54, 1.807) is 0 Å². The fourth-order valence-corrected chi connectivity index (χ4v) is 6.67. The molecule has 0 aliphatic carbocycles. The van der Waals surface area contributed by atoms with Crippen molar-refractivity contribution in [2.75, 3.05) is 13.2 Å². The van der Waals surface area contributed by atoms with Crippen LogP contribution in [-0.4, -0.2) is 37.2 Å². The summed E-state index contributed by atoms with van der Waals surface area (Å²) in [4.78, 5) is 38.0. The van der Waals surface area contributed by atoms with Crippen molar-refractivity contribution >= 4 is 17.9 Å². The molecule has 1 atom stereocenters. The Morgan fingerprint density at radius 1 is 0.328 bits per heavy atom. The molecule has 0 aliphatic rings. The van der Waals surface area contributed by atoms with E-state index in [-0.39, 0.29) is 31.1 Å². The topological polar surface area (TPSA) is 78.9 Å². The lowest BCUT2D eigenvalue weighted by Gasteiger charge is -2.18. The van der Waals surface area contributed by atoms with Gasteiger partial charge in [-0.1, -0.05) is 206 Å². The Hall–Kier alpha value is -4.45. The number of ether oxygens (including phenoxy) is 3. The Kier molecular flexibility index (Phi) is 50.6. The van der Waals surface area contributed by atoms with Crippen LogP contribution in [0, 0.1) is 0 Å². The van der Waals surface area contributed by atoms with Gasteiger partial charge in [-0.2, -0.15) is 0 Å².